The molecule has 0 bridgehead atoms. The Kier molecular flexibility index (Phi) is 5.80. The molecule has 4 N–H and O–H groups in total. The van der Waals surface area contributed by atoms with Crippen LogP contribution >= 0.6 is 15.9 Å². The first kappa shape index (κ1) is 14.7. The topological polar surface area (TPSA) is 84.2 Å². The van der Waals surface area contributed by atoms with E-state index in [1.807, 2.05) is 6.07 Å². The standard InChI is InChI=1S/C12H16BrN3O2/c1-8(6-14)16-11(17)7-15-12(18)9-3-2-4-10(13)5-9/h2-5,8H,6-7,14H2,1H3,(H,15,18)(H,16,17)/t8-/m0/s1. The second-order valence-corrected chi connectivity index (χ2v) is 4.81. The highest BCUT2D eigenvalue weighted by Gasteiger charge is 2.09. The lowest BCUT2D eigenvalue weighted by molar-refractivity contribution is -0.120. The number of hydrogen-bond donors (Lipinski definition) is 3. The van der Waals surface area contributed by atoms with E-state index in [1.165, 1.54) is 0 Å². The van der Waals surface area contributed by atoms with Crippen molar-refractivity contribution in [3.63, 3.8) is 0 Å². The summed E-state index contributed by atoms with van der Waals surface area (Å²) in [5.74, 6) is -0.539. The average molecular weight is 314 g/mol. The number of nitrogens with two attached hydrogens (primary N) is 1. The van der Waals surface area contributed by atoms with Gasteiger partial charge in [0.15, 0.2) is 0 Å². The fraction of sp³-hybridized carbons (Fsp3) is 0.333. The van der Waals surface area contributed by atoms with E-state index in [4.69, 9.17) is 5.73 Å². The molecular formula is C12H16BrN3O2. The highest BCUT2D eigenvalue weighted by atomic mass is 79.9. The number of nitrogens with one attached hydrogen (secondary N) is 2. The summed E-state index contributed by atoms with van der Waals surface area (Å²) in [6, 6.07) is 6.86. The van der Waals surface area contributed by atoms with E-state index >= 15 is 0 Å². The van der Waals surface area contributed by atoms with Crippen molar-refractivity contribution in [2.24, 2.45) is 5.73 Å². The van der Waals surface area contributed by atoms with Gasteiger partial charge in [-0.2, -0.15) is 0 Å². The molecule has 2 amide bonds. The van der Waals surface area contributed by atoms with Crippen LogP contribution in [0.1, 0.15) is 17.3 Å². The number of halogens is 1. The van der Waals surface area contributed by atoms with E-state index < -0.39 is 0 Å². The maximum absolute atomic E-state index is 11.7. The summed E-state index contributed by atoms with van der Waals surface area (Å²) in [6.07, 6.45) is 0. The Morgan fingerprint density at radius 2 is 2.17 bits per heavy atom. The maximum atomic E-state index is 11.7. The fourth-order valence-corrected chi connectivity index (χ4v) is 1.68. The van der Waals surface area contributed by atoms with Crippen molar-refractivity contribution in [3.05, 3.63) is 34.3 Å². The van der Waals surface area contributed by atoms with Gasteiger partial charge in [-0.15, -0.1) is 0 Å². The molecule has 0 saturated heterocycles. The summed E-state index contributed by atoms with van der Waals surface area (Å²) in [4.78, 5) is 23.1. The molecule has 6 heteroatoms. The highest BCUT2D eigenvalue weighted by Crippen LogP contribution is 2.11. The van der Waals surface area contributed by atoms with Crippen LogP contribution in [-0.2, 0) is 4.79 Å². The van der Waals surface area contributed by atoms with Crippen molar-refractivity contribution in [2.45, 2.75) is 13.0 Å². The molecule has 0 saturated carbocycles. The lowest BCUT2D eigenvalue weighted by Crippen LogP contribution is -2.43. The van der Waals surface area contributed by atoms with Crippen LogP contribution in [0, 0.1) is 0 Å². The van der Waals surface area contributed by atoms with Gasteiger partial charge in [-0.3, -0.25) is 9.59 Å². The third-order valence-electron chi connectivity index (χ3n) is 2.26. The van der Waals surface area contributed by atoms with Crippen molar-refractivity contribution in [1.29, 1.82) is 0 Å². The number of amides is 2. The van der Waals surface area contributed by atoms with Crippen molar-refractivity contribution in [2.75, 3.05) is 13.1 Å². The van der Waals surface area contributed by atoms with Gasteiger partial charge in [-0.05, 0) is 25.1 Å². The normalized spacial score (nSPS) is 11.7. The molecule has 0 aromatic heterocycles. The Morgan fingerprint density at radius 1 is 1.44 bits per heavy atom. The minimum absolute atomic E-state index is 0.0598. The van der Waals surface area contributed by atoms with Crippen LogP contribution in [0.4, 0.5) is 0 Å². The summed E-state index contributed by atoms with van der Waals surface area (Å²) >= 11 is 3.28. The summed E-state index contributed by atoms with van der Waals surface area (Å²) in [5.41, 5.74) is 5.88. The molecule has 0 aliphatic rings. The first-order valence-electron chi connectivity index (χ1n) is 5.56. The van der Waals surface area contributed by atoms with Gasteiger partial charge in [-0.1, -0.05) is 22.0 Å². The Morgan fingerprint density at radius 3 is 2.78 bits per heavy atom. The van der Waals surface area contributed by atoms with E-state index in [1.54, 1.807) is 25.1 Å². The zero-order valence-electron chi connectivity index (χ0n) is 10.1. The van der Waals surface area contributed by atoms with Crippen molar-refractivity contribution >= 4 is 27.7 Å². The largest absolute Gasteiger partial charge is 0.351 e. The average Bonchev–Trinajstić information content (AvgIpc) is 2.35. The molecule has 5 nitrogen and oxygen atoms in total. The van der Waals surface area contributed by atoms with Crippen molar-refractivity contribution in [1.82, 2.24) is 10.6 Å². The molecule has 0 unspecified atom stereocenters. The van der Waals surface area contributed by atoms with Gasteiger partial charge in [0.1, 0.15) is 0 Å². The molecular weight excluding hydrogens is 298 g/mol. The van der Waals surface area contributed by atoms with E-state index in [2.05, 4.69) is 26.6 Å². The van der Waals surface area contributed by atoms with Gasteiger partial charge in [0.05, 0.1) is 6.54 Å². The molecule has 0 spiro atoms. The summed E-state index contributed by atoms with van der Waals surface area (Å²) in [5, 5.41) is 5.20. The van der Waals surface area contributed by atoms with Crippen LogP contribution in [0.3, 0.4) is 0 Å². The number of rotatable bonds is 5. The third kappa shape index (κ3) is 4.85. The second kappa shape index (κ2) is 7.13. The lowest BCUT2D eigenvalue weighted by Gasteiger charge is -2.11. The van der Waals surface area contributed by atoms with Gasteiger partial charge >= 0.3 is 0 Å². The van der Waals surface area contributed by atoms with Crippen molar-refractivity contribution in [3.8, 4) is 0 Å². The zero-order chi connectivity index (χ0) is 13.5. The summed E-state index contributed by atoms with van der Waals surface area (Å²) < 4.78 is 0.816. The molecule has 1 atom stereocenters. The molecule has 1 aromatic carbocycles. The van der Waals surface area contributed by atoms with Crippen molar-refractivity contribution < 1.29 is 9.59 Å². The number of carbonyl (C=O) groups excluding carboxylic acids is 2. The van der Waals surface area contributed by atoms with E-state index in [9.17, 15) is 9.59 Å². The smallest absolute Gasteiger partial charge is 0.251 e. The number of carbonyl (C=O) groups is 2. The fourth-order valence-electron chi connectivity index (χ4n) is 1.28. The monoisotopic (exact) mass is 313 g/mol. The minimum atomic E-state index is -0.285. The van der Waals surface area contributed by atoms with Crippen LogP contribution in [0.2, 0.25) is 0 Å². The Bertz CT molecular complexity index is 437. The Balaban J connectivity index is 2.44. The highest BCUT2D eigenvalue weighted by molar-refractivity contribution is 9.10. The molecule has 1 rings (SSSR count). The van der Waals surface area contributed by atoms with Gasteiger partial charge in [0.25, 0.3) is 5.91 Å². The third-order valence-corrected chi connectivity index (χ3v) is 2.75. The van der Waals surface area contributed by atoms with Crippen LogP contribution in [-0.4, -0.2) is 30.9 Å². The first-order valence-corrected chi connectivity index (χ1v) is 6.35. The SMILES string of the molecule is C[C@@H](CN)NC(=O)CNC(=O)c1cccc(Br)c1. The predicted molar refractivity (Wildman–Crippen MR) is 73.1 cm³/mol. The molecule has 0 radical (unpaired) electrons. The Hall–Kier alpha value is -1.40. The summed E-state index contributed by atoms with van der Waals surface area (Å²) in [7, 11) is 0. The van der Waals surface area contributed by atoms with Gasteiger partial charge in [-0.25, -0.2) is 0 Å². The van der Waals surface area contributed by atoms with E-state index in [0.29, 0.717) is 12.1 Å². The van der Waals surface area contributed by atoms with Gasteiger partial charge < -0.3 is 16.4 Å². The molecule has 18 heavy (non-hydrogen) atoms. The molecule has 0 heterocycles. The molecule has 98 valence electrons. The van der Waals surface area contributed by atoms with E-state index in [0.717, 1.165) is 4.47 Å². The molecule has 0 aliphatic heterocycles. The molecule has 0 fully saturated rings. The quantitative estimate of drug-likeness (QED) is 0.746. The summed E-state index contributed by atoms with van der Waals surface area (Å²) in [6.45, 7) is 2.11. The van der Waals surface area contributed by atoms with Crippen LogP contribution < -0.4 is 16.4 Å². The number of benzene rings is 1. The second-order valence-electron chi connectivity index (χ2n) is 3.90. The van der Waals surface area contributed by atoms with Crippen LogP contribution in [0.5, 0.6) is 0 Å². The molecule has 0 aliphatic carbocycles. The molecule has 1 aromatic rings. The first-order chi connectivity index (χ1) is 8.52. The maximum Gasteiger partial charge on any atom is 0.251 e. The Labute approximate surface area is 114 Å². The van der Waals surface area contributed by atoms with Gasteiger partial charge in [0, 0.05) is 22.6 Å². The van der Waals surface area contributed by atoms with Crippen LogP contribution in [0.15, 0.2) is 28.7 Å². The van der Waals surface area contributed by atoms with Gasteiger partial charge in [0.2, 0.25) is 5.91 Å². The zero-order valence-corrected chi connectivity index (χ0v) is 11.7. The van der Waals surface area contributed by atoms with Crippen LogP contribution in [0.25, 0.3) is 0 Å². The number of hydrogen-bond acceptors (Lipinski definition) is 3. The minimum Gasteiger partial charge on any atom is -0.351 e. The van der Waals surface area contributed by atoms with E-state index in [-0.39, 0.29) is 24.4 Å². The predicted octanol–water partition coefficient (Wildman–Crippen LogP) is 0.642. The lowest BCUT2D eigenvalue weighted by atomic mass is 10.2.